The number of carboxylic acids is 1. The van der Waals surface area contributed by atoms with Gasteiger partial charge in [-0.15, -0.1) is 0 Å². The maximum absolute atomic E-state index is 11.9. The van der Waals surface area contributed by atoms with Gasteiger partial charge in [0.05, 0.1) is 0 Å². The third-order valence-electron chi connectivity index (χ3n) is 3.21. The van der Waals surface area contributed by atoms with E-state index < -0.39 is 18.1 Å². The molecule has 0 aromatic heterocycles. The number of carboxylic acid groups (broad SMARTS) is 1. The lowest BCUT2D eigenvalue weighted by molar-refractivity contribution is -0.143. The Hall–Kier alpha value is -2.08. The molecule has 6 heteroatoms. The van der Waals surface area contributed by atoms with Crippen molar-refractivity contribution in [3.8, 4) is 5.75 Å². The zero-order valence-corrected chi connectivity index (χ0v) is 10.9. The van der Waals surface area contributed by atoms with Crippen LogP contribution in [0.25, 0.3) is 0 Å². The Labute approximate surface area is 116 Å². The number of rotatable bonds is 5. The number of hydrogen-bond acceptors (Lipinski definition) is 4. The molecule has 1 amide bonds. The number of aromatic hydroxyl groups is 1. The average molecular weight is 279 g/mol. The Morgan fingerprint density at radius 1 is 1.35 bits per heavy atom. The van der Waals surface area contributed by atoms with Gasteiger partial charge >= 0.3 is 5.97 Å². The number of carbonyl (C=O) groups excluding carboxylic acids is 1. The molecule has 0 bridgehead atoms. The molecule has 0 aliphatic carbocycles. The molecule has 1 aliphatic rings. The summed E-state index contributed by atoms with van der Waals surface area (Å²) >= 11 is 0. The number of ether oxygens (including phenoxy) is 1. The molecule has 1 aliphatic heterocycles. The molecular weight excluding hydrogens is 262 g/mol. The van der Waals surface area contributed by atoms with Crippen molar-refractivity contribution < 1.29 is 24.5 Å². The standard InChI is InChI=1S/C14H17NO5/c16-10-5-3-9(4-6-10)8-11(14(18)19)15-13(17)12-2-1-7-20-12/h3-6,11-12,16H,1-2,7-8H2,(H,15,17)(H,18,19)/t11?,12-/m1/s1. The van der Waals surface area contributed by atoms with Gasteiger partial charge < -0.3 is 20.3 Å². The molecule has 0 spiro atoms. The lowest BCUT2D eigenvalue weighted by Gasteiger charge is -2.17. The van der Waals surface area contributed by atoms with Crippen molar-refractivity contribution >= 4 is 11.9 Å². The van der Waals surface area contributed by atoms with E-state index in [1.807, 2.05) is 0 Å². The van der Waals surface area contributed by atoms with Crippen molar-refractivity contribution in [2.45, 2.75) is 31.4 Å². The van der Waals surface area contributed by atoms with Gasteiger partial charge in [0.25, 0.3) is 0 Å². The number of amides is 1. The summed E-state index contributed by atoms with van der Waals surface area (Å²) in [7, 11) is 0. The van der Waals surface area contributed by atoms with E-state index in [2.05, 4.69) is 5.32 Å². The monoisotopic (exact) mass is 279 g/mol. The number of benzene rings is 1. The SMILES string of the molecule is O=C(O)C(Cc1ccc(O)cc1)NC(=O)[C@H]1CCCO1. The van der Waals surface area contributed by atoms with Crippen molar-refractivity contribution in [1.29, 1.82) is 0 Å². The fourth-order valence-corrected chi connectivity index (χ4v) is 2.12. The molecule has 0 radical (unpaired) electrons. The molecule has 108 valence electrons. The van der Waals surface area contributed by atoms with Crippen LogP contribution in [-0.2, 0) is 20.7 Å². The van der Waals surface area contributed by atoms with Gasteiger partial charge in [0.2, 0.25) is 5.91 Å². The molecule has 1 aromatic rings. The van der Waals surface area contributed by atoms with Gasteiger partial charge in [0, 0.05) is 13.0 Å². The molecule has 2 atom stereocenters. The van der Waals surface area contributed by atoms with Gasteiger partial charge in [-0.05, 0) is 30.5 Å². The van der Waals surface area contributed by atoms with E-state index >= 15 is 0 Å². The van der Waals surface area contributed by atoms with Crippen LogP contribution in [0.5, 0.6) is 5.75 Å². The number of aliphatic carboxylic acids is 1. The molecule has 20 heavy (non-hydrogen) atoms. The smallest absolute Gasteiger partial charge is 0.326 e. The summed E-state index contributed by atoms with van der Waals surface area (Å²) in [5, 5.41) is 20.9. The highest BCUT2D eigenvalue weighted by atomic mass is 16.5. The lowest BCUT2D eigenvalue weighted by Crippen LogP contribution is -2.46. The molecule has 3 N–H and O–H groups in total. The van der Waals surface area contributed by atoms with Crippen LogP contribution in [0, 0.1) is 0 Å². The summed E-state index contributed by atoms with van der Waals surface area (Å²) in [6, 6.07) is 5.22. The first-order valence-electron chi connectivity index (χ1n) is 6.49. The Morgan fingerprint density at radius 3 is 2.60 bits per heavy atom. The minimum absolute atomic E-state index is 0.115. The zero-order chi connectivity index (χ0) is 14.5. The number of nitrogens with one attached hydrogen (secondary N) is 1. The van der Waals surface area contributed by atoms with E-state index in [4.69, 9.17) is 4.74 Å². The fraction of sp³-hybridized carbons (Fsp3) is 0.429. The second kappa shape index (κ2) is 6.38. The molecule has 1 fully saturated rings. The van der Waals surface area contributed by atoms with Gasteiger partial charge in [0.15, 0.2) is 0 Å². The van der Waals surface area contributed by atoms with E-state index in [1.165, 1.54) is 12.1 Å². The average Bonchev–Trinajstić information content (AvgIpc) is 2.94. The maximum atomic E-state index is 11.9. The third-order valence-corrected chi connectivity index (χ3v) is 3.21. The molecule has 2 rings (SSSR count). The highest BCUT2D eigenvalue weighted by Crippen LogP contribution is 2.14. The van der Waals surface area contributed by atoms with Gasteiger partial charge in [0.1, 0.15) is 17.9 Å². The van der Waals surface area contributed by atoms with Gasteiger partial charge in [-0.2, -0.15) is 0 Å². The second-order valence-electron chi connectivity index (χ2n) is 4.77. The first-order valence-corrected chi connectivity index (χ1v) is 6.49. The molecule has 0 saturated carbocycles. The summed E-state index contributed by atoms with van der Waals surface area (Å²) < 4.78 is 5.22. The summed E-state index contributed by atoms with van der Waals surface area (Å²) in [6.45, 7) is 0.536. The topological polar surface area (TPSA) is 95.9 Å². The molecule has 1 unspecified atom stereocenters. The van der Waals surface area contributed by atoms with Crippen molar-refractivity contribution in [2.75, 3.05) is 6.61 Å². The Bertz CT molecular complexity index is 479. The summed E-state index contributed by atoms with van der Waals surface area (Å²) in [5.41, 5.74) is 0.725. The van der Waals surface area contributed by atoms with Crippen LogP contribution in [0.2, 0.25) is 0 Å². The minimum atomic E-state index is -1.09. The third kappa shape index (κ3) is 3.71. The normalized spacial score (nSPS) is 19.5. The van der Waals surface area contributed by atoms with Crippen molar-refractivity contribution in [3.05, 3.63) is 29.8 Å². The predicted molar refractivity (Wildman–Crippen MR) is 70.4 cm³/mol. The van der Waals surface area contributed by atoms with Crippen molar-refractivity contribution in [1.82, 2.24) is 5.32 Å². The second-order valence-corrected chi connectivity index (χ2v) is 4.77. The van der Waals surface area contributed by atoms with Crippen LogP contribution in [0.4, 0.5) is 0 Å². The Kier molecular flexibility index (Phi) is 4.57. The van der Waals surface area contributed by atoms with Gasteiger partial charge in [-0.3, -0.25) is 4.79 Å². The number of carbonyl (C=O) groups is 2. The first kappa shape index (κ1) is 14.3. The minimum Gasteiger partial charge on any atom is -0.508 e. The number of phenols is 1. The summed E-state index contributed by atoms with van der Waals surface area (Å²) in [4.78, 5) is 23.1. The summed E-state index contributed by atoms with van der Waals surface area (Å²) in [5.74, 6) is -1.36. The highest BCUT2D eigenvalue weighted by Gasteiger charge is 2.28. The summed E-state index contributed by atoms with van der Waals surface area (Å²) in [6.07, 6.45) is 1.05. The van der Waals surface area contributed by atoms with Crippen LogP contribution in [0.15, 0.2) is 24.3 Å². The highest BCUT2D eigenvalue weighted by molar-refractivity contribution is 5.86. The molecule has 1 aromatic carbocycles. The number of phenolic OH excluding ortho intramolecular Hbond substituents is 1. The largest absolute Gasteiger partial charge is 0.508 e. The fourth-order valence-electron chi connectivity index (χ4n) is 2.12. The van der Waals surface area contributed by atoms with Crippen LogP contribution in [0.1, 0.15) is 18.4 Å². The Balaban J connectivity index is 1.98. The molecular formula is C14H17NO5. The predicted octanol–water partition coefficient (Wildman–Crippen LogP) is 0.683. The molecule has 1 saturated heterocycles. The van der Waals surface area contributed by atoms with E-state index in [9.17, 15) is 19.8 Å². The van der Waals surface area contributed by atoms with E-state index in [1.54, 1.807) is 12.1 Å². The van der Waals surface area contributed by atoms with E-state index in [0.29, 0.717) is 13.0 Å². The van der Waals surface area contributed by atoms with Crippen molar-refractivity contribution in [3.63, 3.8) is 0 Å². The maximum Gasteiger partial charge on any atom is 0.326 e. The van der Waals surface area contributed by atoms with Crippen LogP contribution >= 0.6 is 0 Å². The molecule has 1 heterocycles. The van der Waals surface area contributed by atoms with Gasteiger partial charge in [-0.25, -0.2) is 4.79 Å². The molecule has 6 nitrogen and oxygen atoms in total. The van der Waals surface area contributed by atoms with Crippen molar-refractivity contribution in [2.24, 2.45) is 0 Å². The lowest BCUT2D eigenvalue weighted by atomic mass is 10.1. The quantitative estimate of drug-likeness (QED) is 0.736. The van der Waals surface area contributed by atoms with E-state index in [0.717, 1.165) is 12.0 Å². The van der Waals surface area contributed by atoms with E-state index in [-0.39, 0.29) is 18.1 Å². The first-order chi connectivity index (χ1) is 9.56. The van der Waals surface area contributed by atoms with Crippen LogP contribution in [0.3, 0.4) is 0 Å². The van der Waals surface area contributed by atoms with Crippen LogP contribution < -0.4 is 5.32 Å². The van der Waals surface area contributed by atoms with Crippen LogP contribution in [-0.4, -0.2) is 40.8 Å². The Morgan fingerprint density at radius 2 is 2.05 bits per heavy atom. The number of hydrogen-bond donors (Lipinski definition) is 3. The zero-order valence-electron chi connectivity index (χ0n) is 10.9. The van der Waals surface area contributed by atoms with Gasteiger partial charge in [-0.1, -0.05) is 12.1 Å².